The third kappa shape index (κ3) is 3.86. The number of amides is 1. The summed E-state index contributed by atoms with van der Waals surface area (Å²) in [4.78, 5) is 22.7. The number of carbonyl (C=O) groups excluding carboxylic acids is 1. The summed E-state index contributed by atoms with van der Waals surface area (Å²) in [6.45, 7) is 1.95. The Kier molecular flexibility index (Phi) is 4.94. The molecule has 0 saturated heterocycles. The van der Waals surface area contributed by atoms with E-state index in [9.17, 15) is 19.3 Å². The summed E-state index contributed by atoms with van der Waals surface area (Å²) >= 11 is 0. The Morgan fingerprint density at radius 1 is 1.35 bits per heavy atom. The Morgan fingerprint density at radius 2 is 2.15 bits per heavy atom. The number of ether oxygens (including phenoxy) is 2. The second-order valence-electron chi connectivity index (χ2n) is 5.67. The third-order valence-electron chi connectivity index (χ3n) is 3.81. The molecule has 0 spiro atoms. The fraction of sp³-hybridized carbons (Fsp3) is 0.167. The Hall–Kier alpha value is -3.26. The molecule has 0 fully saturated rings. The highest BCUT2D eigenvalue weighted by atomic mass is 19.1. The maximum absolute atomic E-state index is 13.3. The number of rotatable bonds is 4. The number of nitro groups is 1. The summed E-state index contributed by atoms with van der Waals surface area (Å²) in [7, 11) is 0. The first-order valence-corrected chi connectivity index (χ1v) is 7.71. The maximum Gasteiger partial charge on any atom is 0.270 e. The van der Waals surface area contributed by atoms with Gasteiger partial charge in [0.05, 0.1) is 11.5 Å². The highest BCUT2D eigenvalue weighted by Crippen LogP contribution is 2.33. The molecule has 7 nitrogen and oxygen atoms in total. The van der Waals surface area contributed by atoms with E-state index in [4.69, 9.17) is 9.47 Å². The number of halogens is 1. The van der Waals surface area contributed by atoms with Crippen molar-refractivity contribution in [2.75, 3.05) is 12.1 Å². The highest BCUT2D eigenvalue weighted by molar-refractivity contribution is 6.02. The summed E-state index contributed by atoms with van der Waals surface area (Å²) < 4.78 is 23.8. The average molecular weight is 358 g/mol. The van der Waals surface area contributed by atoms with Crippen LogP contribution in [0.15, 0.2) is 36.4 Å². The normalized spacial score (nSPS) is 13.2. The number of carbonyl (C=O) groups is 1. The number of anilines is 1. The van der Waals surface area contributed by atoms with Crippen molar-refractivity contribution >= 4 is 23.4 Å². The van der Waals surface area contributed by atoms with Crippen molar-refractivity contribution in [1.82, 2.24) is 0 Å². The van der Waals surface area contributed by atoms with Crippen LogP contribution in [-0.2, 0) is 16.1 Å². The summed E-state index contributed by atoms with van der Waals surface area (Å²) in [5.74, 6) is -0.519. The standard InChI is InChI=1S/C18H15FN2O5/c1-11-2-4-14(19)8-16(11)20-17(22)5-3-12-6-15(21(23)24)7-13-9-25-10-26-18(12)13/h2-8H,9-10H2,1H3,(H,20,22). The monoisotopic (exact) mass is 358 g/mol. The van der Waals surface area contributed by atoms with Crippen molar-refractivity contribution in [3.8, 4) is 5.75 Å². The van der Waals surface area contributed by atoms with Crippen molar-refractivity contribution in [3.05, 3.63) is 69.0 Å². The molecule has 26 heavy (non-hydrogen) atoms. The molecule has 1 amide bonds. The largest absolute Gasteiger partial charge is 0.467 e. The van der Waals surface area contributed by atoms with E-state index in [-0.39, 0.29) is 19.1 Å². The van der Waals surface area contributed by atoms with Crippen LogP contribution in [0.3, 0.4) is 0 Å². The topological polar surface area (TPSA) is 90.7 Å². The number of hydrogen-bond acceptors (Lipinski definition) is 5. The Labute approximate surface area is 148 Å². The molecule has 8 heteroatoms. The molecule has 1 N–H and O–H groups in total. The van der Waals surface area contributed by atoms with Crippen LogP contribution >= 0.6 is 0 Å². The molecule has 0 unspecified atom stereocenters. The zero-order valence-corrected chi connectivity index (χ0v) is 13.8. The summed E-state index contributed by atoms with van der Waals surface area (Å²) in [5.41, 5.74) is 1.86. The van der Waals surface area contributed by atoms with Crippen LogP contribution in [0.4, 0.5) is 15.8 Å². The first kappa shape index (κ1) is 17.6. The fourth-order valence-electron chi connectivity index (χ4n) is 2.53. The van der Waals surface area contributed by atoms with Crippen molar-refractivity contribution in [2.45, 2.75) is 13.5 Å². The average Bonchev–Trinajstić information content (AvgIpc) is 2.62. The van der Waals surface area contributed by atoms with Crippen LogP contribution in [0.2, 0.25) is 0 Å². The molecule has 1 heterocycles. The van der Waals surface area contributed by atoms with Crippen molar-refractivity contribution in [1.29, 1.82) is 0 Å². The summed E-state index contributed by atoms with van der Waals surface area (Å²) in [6.07, 6.45) is 2.63. The van der Waals surface area contributed by atoms with Gasteiger partial charge in [-0.15, -0.1) is 0 Å². The minimum Gasteiger partial charge on any atom is -0.467 e. The summed E-state index contributed by atoms with van der Waals surface area (Å²) in [6, 6.07) is 6.77. The molecule has 0 saturated carbocycles. The van der Waals surface area contributed by atoms with Gasteiger partial charge in [-0.1, -0.05) is 6.07 Å². The summed E-state index contributed by atoms with van der Waals surface area (Å²) in [5, 5.41) is 13.6. The highest BCUT2D eigenvalue weighted by Gasteiger charge is 2.19. The van der Waals surface area contributed by atoms with Gasteiger partial charge in [0.15, 0.2) is 6.79 Å². The van der Waals surface area contributed by atoms with E-state index >= 15 is 0 Å². The first-order valence-electron chi connectivity index (χ1n) is 7.71. The van der Waals surface area contributed by atoms with Crippen LogP contribution in [-0.4, -0.2) is 17.6 Å². The Balaban J connectivity index is 1.85. The van der Waals surface area contributed by atoms with Gasteiger partial charge in [0, 0.05) is 35.0 Å². The minimum absolute atomic E-state index is 0.0281. The zero-order chi connectivity index (χ0) is 18.7. The van der Waals surface area contributed by atoms with Gasteiger partial charge < -0.3 is 14.8 Å². The Bertz CT molecular complexity index is 911. The van der Waals surface area contributed by atoms with Gasteiger partial charge in [0.2, 0.25) is 5.91 Å². The number of aryl methyl sites for hydroxylation is 1. The van der Waals surface area contributed by atoms with E-state index in [0.717, 1.165) is 0 Å². The number of fused-ring (bicyclic) bond motifs is 1. The second kappa shape index (κ2) is 7.32. The van der Waals surface area contributed by atoms with E-state index in [1.165, 1.54) is 36.4 Å². The van der Waals surface area contributed by atoms with E-state index in [2.05, 4.69) is 5.32 Å². The lowest BCUT2D eigenvalue weighted by molar-refractivity contribution is -0.385. The number of nitrogens with zero attached hydrogens (tertiary/aromatic N) is 1. The molecule has 3 rings (SSSR count). The number of nitrogens with one attached hydrogen (secondary N) is 1. The molecule has 1 aliphatic rings. The van der Waals surface area contributed by atoms with Gasteiger partial charge in [-0.25, -0.2) is 4.39 Å². The quantitative estimate of drug-likeness (QED) is 0.513. The SMILES string of the molecule is Cc1ccc(F)cc1NC(=O)C=Cc1cc([N+](=O)[O-])cc2c1OCOC2. The van der Waals surface area contributed by atoms with Gasteiger partial charge in [0.1, 0.15) is 11.6 Å². The number of benzene rings is 2. The molecule has 2 aromatic carbocycles. The van der Waals surface area contributed by atoms with Gasteiger partial charge in [-0.3, -0.25) is 14.9 Å². The molecule has 0 aliphatic carbocycles. The van der Waals surface area contributed by atoms with Crippen molar-refractivity contribution in [3.63, 3.8) is 0 Å². The van der Waals surface area contributed by atoms with Crippen LogP contribution in [0.5, 0.6) is 5.75 Å². The lowest BCUT2D eigenvalue weighted by Crippen LogP contribution is -2.13. The number of hydrogen-bond donors (Lipinski definition) is 1. The fourth-order valence-corrected chi connectivity index (χ4v) is 2.53. The molecule has 134 valence electrons. The third-order valence-corrected chi connectivity index (χ3v) is 3.81. The first-order chi connectivity index (χ1) is 12.4. The van der Waals surface area contributed by atoms with Crippen LogP contribution < -0.4 is 10.1 Å². The van der Waals surface area contributed by atoms with E-state index < -0.39 is 16.6 Å². The molecule has 2 aromatic rings. The molecular formula is C18H15FN2O5. The minimum atomic E-state index is -0.525. The Morgan fingerprint density at radius 3 is 2.92 bits per heavy atom. The van der Waals surface area contributed by atoms with Gasteiger partial charge in [0.25, 0.3) is 5.69 Å². The van der Waals surface area contributed by atoms with Crippen LogP contribution in [0.25, 0.3) is 6.08 Å². The molecular weight excluding hydrogens is 343 g/mol. The van der Waals surface area contributed by atoms with Crippen molar-refractivity contribution < 1.29 is 23.6 Å². The maximum atomic E-state index is 13.3. The number of non-ortho nitro benzene ring substituents is 1. The zero-order valence-electron chi connectivity index (χ0n) is 13.8. The second-order valence-corrected chi connectivity index (χ2v) is 5.67. The molecule has 0 aromatic heterocycles. The predicted octanol–water partition coefficient (Wildman–Crippen LogP) is 3.56. The lowest BCUT2D eigenvalue weighted by atomic mass is 10.1. The van der Waals surface area contributed by atoms with Crippen LogP contribution in [0, 0.1) is 22.9 Å². The molecule has 0 radical (unpaired) electrons. The molecule has 1 aliphatic heterocycles. The predicted molar refractivity (Wildman–Crippen MR) is 92.2 cm³/mol. The molecule has 0 atom stereocenters. The van der Waals surface area contributed by atoms with E-state index in [0.29, 0.717) is 28.1 Å². The number of nitro benzene ring substituents is 1. The van der Waals surface area contributed by atoms with Gasteiger partial charge >= 0.3 is 0 Å². The van der Waals surface area contributed by atoms with Crippen LogP contribution in [0.1, 0.15) is 16.7 Å². The van der Waals surface area contributed by atoms with Gasteiger partial charge in [-0.2, -0.15) is 0 Å². The van der Waals surface area contributed by atoms with Gasteiger partial charge in [-0.05, 0) is 30.7 Å². The smallest absolute Gasteiger partial charge is 0.270 e. The molecule has 0 bridgehead atoms. The van der Waals surface area contributed by atoms with E-state index in [1.54, 1.807) is 13.0 Å². The lowest BCUT2D eigenvalue weighted by Gasteiger charge is -2.19. The van der Waals surface area contributed by atoms with E-state index in [1.807, 2.05) is 0 Å². The van der Waals surface area contributed by atoms with Crippen molar-refractivity contribution in [2.24, 2.45) is 0 Å².